The molecule has 0 saturated carbocycles. The van der Waals surface area contributed by atoms with E-state index < -0.39 is 0 Å². The third-order valence-corrected chi connectivity index (χ3v) is 3.59. The Labute approximate surface area is 131 Å². The van der Waals surface area contributed by atoms with Crippen LogP contribution in [0.1, 0.15) is 29.3 Å². The van der Waals surface area contributed by atoms with E-state index in [1.807, 2.05) is 32.0 Å². The fraction of sp³-hybridized carbons (Fsp3) is 0.353. The van der Waals surface area contributed by atoms with Gasteiger partial charge in [-0.3, -0.25) is 0 Å². The summed E-state index contributed by atoms with van der Waals surface area (Å²) in [6.07, 6.45) is 0. The molecule has 0 aliphatic rings. The number of aryl methyl sites for hydroxylation is 3. The van der Waals surface area contributed by atoms with Crippen molar-refractivity contribution in [1.82, 2.24) is 10.3 Å². The van der Waals surface area contributed by atoms with E-state index >= 15 is 0 Å². The summed E-state index contributed by atoms with van der Waals surface area (Å²) in [7, 11) is 0. The van der Waals surface area contributed by atoms with Gasteiger partial charge in [0.25, 0.3) is 0 Å². The van der Waals surface area contributed by atoms with E-state index in [2.05, 4.69) is 30.2 Å². The molecule has 112 valence electrons. The minimum absolute atomic E-state index is 0.593. The van der Waals surface area contributed by atoms with Crippen LogP contribution in [0, 0.1) is 20.8 Å². The summed E-state index contributed by atoms with van der Waals surface area (Å²) < 4.78 is 6.00. The van der Waals surface area contributed by atoms with Crippen LogP contribution in [0.15, 0.2) is 24.3 Å². The van der Waals surface area contributed by atoms with Crippen LogP contribution in [-0.2, 0) is 6.54 Å². The molecule has 0 aliphatic carbocycles. The highest BCUT2D eigenvalue weighted by Crippen LogP contribution is 2.32. The van der Waals surface area contributed by atoms with Crippen molar-refractivity contribution in [3.8, 4) is 11.6 Å². The zero-order chi connectivity index (χ0) is 15.4. The van der Waals surface area contributed by atoms with Crippen molar-refractivity contribution in [3.63, 3.8) is 0 Å². The Bertz CT molecular complexity index is 641. The molecule has 0 radical (unpaired) electrons. The SMILES string of the molecule is CCNCc1c(C)cc(C)nc1Oc1cc(C)ccc1Cl. The lowest BCUT2D eigenvalue weighted by atomic mass is 10.1. The van der Waals surface area contributed by atoms with E-state index in [4.69, 9.17) is 16.3 Å². The lowest BCUT2D eigenvalue weighted by Crippen LogP contribution is -2.14. The van der Waals surface area contributed by atoms with Gasteiger partial charge in [0.2, 0.25) is 5.88 Å². The fourth-order valence-electron chi connectivity index (χ4n) is 2.17. The molecule has 1 N–H and O–H groups in total. The first-order valence-corrected chi connectivity index (χ1v) is 7.51. The number of rotatable bonds is 5. The molecule has 3 nitrogen and oxygen atoms in total. The van der Waals surface area contributed by atoms with E-state index in [9.17, 15) is 0 Å². The lowest BCUT2D eigenvalue weighted by molar-refractivity contribution is 0.451. The van der Waals surface area contributed by atoms with Gasteiger partial charge in [-0.1, -0.05) is 24.6 Å². The molecule has 0 aliphatic heterocycles. The van der Waals surface area contributed by atoms with Crippen LogP contribution in [0.3, 0.4) is 0 Å². The maximum atomic E-state index is 6.21. The molecule has 1 aromatic carbocycles. The number of hydrogen-bond acceptors (Lipinski definition) is 3. The Kier molecular flexibility index (Phi) is 5.21. The summed E-state index contributed by atoms with van der Waals surface area (Å²) in [5, 5.41) is 3.92. The zero-order valence-electron chi connectivity index (χ0n) is 13.0. The average molecular weight is 305 g/mol. The topological polar surface area (TPSA) is 34.2 Å². The van der Waals surface area contributed by atoms with Crippen molar-refractivity contribution in [2.24, 2.45) is 0 Å². The predicted molar refractivity (Wildman–Crippen MR) is 87.4 cm³/mol. The molecule has 0 amide bonds. The zero-order valence-corrected chi connectivity index (χ0v) is 13.7. The molecule has 0 spiro atoms. The van der Waals surface area contributed by atoms with Crippen LogP contribution in [0.2, 0.25) is 5.02 Å². The highest BCUT2D eigenvalue weighted by molar-refractivity contribution is 6.32. The lowest BCUT2D eigenvalue weighted by Gasteiger charge is -2.15. The van der Waals surface area contributed by atoms with Crippen LogP contribution in [0.5, 0.6) is 11.6 Å². The number of hydrogen-bond donors (Lipinski definition) is 1. The van der Waals surface area contributed by atoms with Crippen LogP contribution < -0.4 is 10.1 Å². The summed E-state index contributed by atoms with van der Waals surface area (Å²) >= 11 is 6.21. The van der Waals surface area contributed by atoms with E-state index in [0.29, 0.717) is 16.7 Å². The average Bonchev–Trinajstić information content (AvgIpc) is 2.42. The number of halogens is 1. The molecular formula is C17H21ClN2O. The Morgan fingerprint density at radius 3 is 2.67 bits per heavy atom. The van der Waals surface area contributed by atoms with Gasteiger partial charge in [-0.05, 0) is 56.6 Å². The van der Waals surface area contributed by atoms with Gasteiger partial charge in [0.05, 0.1) is 5.02 Å². The van der Waals surface area contributed by atoms with Gasteiger partial charge in [0.1, 0.15) is 5.75 Å². The van der Waals surface area contributed by atoms with E-state index in [1.54, 1.807) is 0 Å². The number of ether oxygens (including phenoxy) is 1. The molecule has 1 aromatic heterocycles. The maximum Gasteiger partial charge on any atom is 0.224 e. The van der Waals surface area contributed by atoms with Crippen molar-refractivity contribution in [1.29, 1.82) is 0 Å². The van der Waals surface area contributed by atoms with Crippen LogP contribution in [0.4, 0.5) is 0 Å². The minimum atomic E-state index is 0.593. The molecule has 0 bridgehead atoms. The minimum Gasteiger partial charge on any atom is -0.437 e. The second-order valence-corrected chi connectivity index (χ2v) is 5.59. The first kappa shape index (κ1) is 15.8. The first-order chi connectivity index (χ1) is 10.0. The molecule has 1 heterocycles. The molecule has 21 heavy (non-hydrogen) atoms. The summed E-state index contributed by atoms with van der Waals surface area (Å²) in [6.45, 7) is 9.76. The summed E-state index contributed by atoms with van der Waals surface area (Å²) in [5.74, 6) is 1.27. The Morgan fingerprint density at radius 1 is 1.19 bits per heavy atom. The van der Waals surface area contributed by atoms with Crippen LogP contribution in [-0.4, -0.2) is 11.5 Å². The van der Waals surface area contributed by atoms with Crippen molar-refractivity contribution in [2.75, 3.05) is 6.54 Å². The highest BCUT2D eigenvalue weighted by Gasteiger charge is 2.12. The van der Waals surface area contributed by atoms with Crippen molar-refractivity contribution < 1.29 is 4.74 Å². The number of aromatic nitrogens is 1. The van der Waals surface area contributed by atoms with E-state index in [-0.39, 0.29) is 0 Å². The van der Waals surface area contributed by atoms with Crippen molar-refractivity contribution in [2.45, 2.75) is 34.2 Å². The molecule has 0 atom stereocenters. The quantitative estimate of drug-likeness (QED) is 0.879. The normalized spacial score (nSPS) is 10.7. The second-order valence-electron chi connectivity index (χ2n) is 5.18. The van der Waals surface area contributed by atoms with Gasteiger partial charge in [0.15, 0.2) is 0 Å². The summed E-state index contributed by atoms with van der Waals surface area (Å²) in [6, 6.07) is 7.80. The third-order valence-electron chi connectivity index (χ3n) is 3.28. The number of nitrogens with zero attached hydrogens (tertiary/aromatic N) is 1. The second kappa shape index (κ2) is 6.92. The molecule has 0 saturated heterocycles. The molecule has 2 aromatic rings. The molecule has 2 rings (SSSR count). The van der Waals surface area contributed by atoms with Gasteiger partial charge in [0, 0.05) is 17.8 Å². The standard InChI is InChI=1S/C17H21ClN2O/c1-5-19-10-14-12(3)9-13(4)20-17(14)21-16-8-11(2)6-7-15(16)18/h6-9,19H,5,10H2,1-4H3. The van der Waals surface area contributed by atoms with E-state index in [0.717, 1.165) is 29.9 Å². The smallest absolute Gasteiger partial charge is 0.224 e. The predicted octanol–water partition coefficient (Wildman–Crippen LogP) is 4.56. The fourth-order valence-corrected chi connectivity index (χ4v) is 2.33. The number of nitrogens with one attached hydrogen (secondary N) is 1. The Morgan fingerprint density at radius 2 is 1.95 bits per heavy atom. The van der Waals surface area contributed by atoms with Crippen molar-refractivity contribution >= 4 is 11.6 Å². The largest absolute Gasteiger partial charge is 0.437 e. The molecular weight excluding hydrogens is 284 g/mol. The number of benzene rings is 1. The van der Waals surface area contributed by atoms with Gasteiger partial charge in [-0.25, -0.2) is 4.98 Å². The summed E-state index contributed by atoms with van der Waals surface area (Å²) in [5.41, 5.74) is 4.28. The molecule has 0 fully saturated rings. The van der Waals surface area contributed by atoms with Gasteiger partial charge in [-0.15, -0.1) is 0 Å². The third kappa shape index (κ3) is 3.96. The van der Waals surface area contributed by atoms with Gasteiger partial charge >= 0.3 is 0 Å². The van der Waals surface area contributed by atoms with Gasteiger partial charge < -0.3 is 10.1 Å². The first-order valence-electron chi connectivity index (χ1n) is 7.13. The monoisotopic (exact) mass is 304 g/mol. The van der Waals surface area contributed by atoms with Crippen LogP contribution >= 0.6 is 11.6 Å². The molecule has 4 heteroatoms. The van der Waals surface area contributed by atoms with Crippen LogP contribution in [0.25, 0.3) is 0 Å². The Balaban J connectivity index is 2.40. The van der Waals surface area contributed by atoms with Gasteiger partial charge in [-0.2, -0.15) is 0 Å². The maximum absolute atomic E-state index is 6.21. The number of pyridine rings is 1. The summed E-state index contributed by atoms with van der Waals surface area (Å²) in [4.78, 5) is 4.53. The van der Waals surface area contributed by atoms with Crippen molar-refractivity contribution in [3.05, 3.63) is 51.7 Å². The molecule has 0 unspecified atom stereocenters. The Hall–Kier alpha value is -1.58. The highest BCUT2D eigenvalue weighted by atomic mass is 35.5. The van der Waals surface area contributed by atoms with E-state index in [1.165, 1.54) is 5.56 Å².